The molecule has 130 valence electrons. The van der Waals surface area contributed by atoms with E-state index in [4.69, 9.17) is 4.42 Å². The molecule has 0 amide bonds. The summed E-state index contributed by atoms with van der Waals surface area (Å²) in [5.74, 6) is 0.471. The number of hydrogen-bond donors (Lipinski definition) is 2. The first kappa shape index (κ1) is 17.3. The first-order valence-electron chi connectivity index (χ1n) is 8.47. The maximum atomic E-state index is 11.1. The predicted molar refractivity (Wildman–Crippen MR) is 97.6 cm³/mol. The summed E-state index contributed by atoms with van der Waals surface area (Å²) in [5.41, 5.74) is 2.58. The first-order valence-corrected chi connectivity index (χ1v) is 8.47. The zero-order chi connectivity index (χ0) is 17.6. The van der Waals surface area contributed by atoms with Crippen LogP contribution in [-0.2, 0) is 0 Å². The van der Waals surface area contributed by atoms with E-state index in [1.807, 2.05) is 6.07 Å². The number of benzene rings is 2. The lowest BCUT2D eigenvalue weighted by Gasteiger charge is -2.15. The molecular weight excluding hydrogens is 316 g/mol. The Hall–Kier alpha value is -2.50. The smallest absolute Gasteiger partial charge is 0.354 e. The summed E-state index contributed by atoms with van der Waals surface area (Å²) in [7, 11) is 0. The van der Waals surface area contributed by atoms with E-state index >= 15 is 0 Å². The Balaban J connectivity index is 1.51. The number of fused-ring (bicyclic) bond motifs is 1. The molecule has 5 nitrogen and oxygen atoms in total. The van der Waals surface area contributed by atoms with Gasteiger partial charge in [0, 0.05) is 6.54 Å². The van der Waals surface area contributed by atoms with Gasteiger partial charge in [0.25, 0.3) is 0 Å². The van der Waals surface area contributed by atoms with Crippen molar-refractivity contribution in [3.05, 3.63) is 76.3 Å². The Morgan fingerprint density at radius 3 is 2.76 bits per heavy atom. The van der Waals surface area contributed by atoms with Crippen molar-refractivity contribution < 1.29 is 9.52 Å². The van der Waals surface area contributed by atoms with Crippen molar-refractivity contribution in [3.8, 4) is 0 Å². The van der Waals surface area contributed by atoms with Gasteiger partial charge < -0.3 is 14.8 Å². The predicted octanol–water partition coefficient (Wildman–Crippen LogP) is 3.00. The largest absolute Gasteiger partial charge is 0.420 e. The standard InChI is InChI=1S/C20H22N2O3/c1-14(15-5-3-2-4-6-15)9-10-21-12-18(23)16-7-8-19-17(11-16)22-13-20(24)25-19/h2-8,11,13-14,18,21,23H,9-10,12H2,1H3. The summed E-state index contributed by atoms with van der Waals surface area (Å²) in [6.07, 6.45) is 1.51. The molecule has 0 fully saturated rings. The van der Waals surface area contributed by atoms with Crippen LogP contribution in [0.4, 0.5) is 0 Å². The quantitative estimate of drug-likeness (QED) is 0.648. The maximum absolute atomic E-state index is 11.1. The van der Waals surface area contributed by atoms with E-state index in [-0.39, 0.29) is 0 Å². The summed E-state index contributed by atoms with van der Waals surface area (Å²) in [6.45, 7) is 3.49. The highest BCUT2D eigenvalue weighted by Crippen LogP contribution is 2.19. The van der Waals surface area contributed by atoms with Crippen molar-refractivity contribution in [1.82, 2.24) is 10.3 Å². The van der Waals surface area contributed by atoms with E-state index in [0.717, 1.165) is 24.7 Å². The molecule has 1 aromatic heterocycles. The maximum Gasteiger partial charge on any atom is 0.354 e. The van der Waals surface area contributed by atoms with E-state index in [9.17, 15) is 9.90 Å². The van der Waals surface area contributed by atoms with Gasteiger partial charge in [-0.05, 0) is 42.1 Å². The minimum atomic E-state index is -0.634. The molecule has 25 heavy (non-hydrogen) atoms. The SMILES string of the molecule is CC(CCNCC(O)c1ccc2oc(=O)cnc2c1)c1ccccc1. The molecule has 2 unspecified atom stereocenters. The first-order chi connectivity index (χ1) is 12.1. The third-order valence-corrected chi connectivity index (χ3v) is 4.35. The van der Waals surface area contributed by atoms with E-state index in [1.165, 1.54) is 5.56 Å². The molecule has 2 atom stereocenters. The minimum absolute atomic E-state index is 0.424. The number of aliphatic hydroxyl groups is 1. The fourth-order valence-electron chi connectivity index (χ4n) is 2.81. The van der Waals surface area contributed by atoms with Gasteiger partial charge in [-0.25, -0.2) is 9.78 Å². The van der Waals surface area contributed by atoms with Crippen molar-refractivity contribution in [2.45, 2.75) is 25.4 Å². The van der Waals surface area contributed by atoms with Crippen molar-refractivity contribution in [2.24, 2.45) is 0 Å². The fourth-order valence-corrected chi connectivity index (χ4v) is 2.81. The van der Waals surface area contributed by atoms with Crippen LogP contribution in [-0.4, -0.2) is 23.2 Å². The van der Waals surface area contributed by atoms with Crippen molar-refractivity contribution in [2.75, 3.05) is 13.1 Å². The molecule has 0 spiro atoms. The van der Waals surface area contributed by atoms with Crippen molar-refractivity contribution in [3.63, 3.8) is 0 Å². The van der Waals surface area contributed by atoms with E-state index in [2.05, 4.69) is 41.5 Å². The second-order valence-corrected chi connectivity index (χ2v) is 6.23. The Kier molecular flexibility index (Phi) is 5.58. The second kappa shape index (κ2) is 8.05. The molecule has 3 rings (SSSR count). The van der Waals surface area contributed by atoms with Gasteiger partial charge in [-0.1, -0.05) is 43.3 Å². The Morgan fingerprint density at radius 2 is 1.96 bits per heavy atom. The Morgan fingerprint density at radius 1 is 1.16 bits per heavy atom. The van der Waals surface area contributed by atoms with Crippen LogP contribution in [0.5, 0.6) is 0 Å². The van der Waals surface area contributed by atoms with E-state index in [0.29, 0.717) is 23.6 Å². The molecule has 0 bridgehead atoms. The van der Waals surface area contributed by atoms with E-state index in [1.54, 1.807) is 18.2 Å². The Labute approximate surface area is 146 Å². The van der Waals surface area contributed by atoms with Gasteiger partial charge in [-0.3, -0.25) is 0 Å². The summed E-state index contributed by atoms with van der Waals surface area (Å²) >= 11 is 0. The number of aliphatic hydroxyl groups excluding tert-OH is 1. The number of nitrogens with zero attached hydrogens (tertiary/aromatic N) is 1. The van der Waals surface area contributed by atoms with Gasteiger partial charge in [0.1, 0.15) is 11.7 Å². The summed E-state index contributed by atoms with van der Waals surface area (Å²) in [5, 5.41) is 13.6. The molecule has 0 saturated heterocycles. The molecular formula is C20H22N2O3. The molecule has 2 N–H and O–H groups in total. The highest BCUT2D eigenvalue weighted by molar-refractivity contribution is 5.72. The molecule has 3 aromatic rings. The molecule has 0 aliphatic heterocycles. The van der Waals surface area contributed by atoms with Crippen LogP contribution >= 0.6 is 0 Å². The highest BCUT2D eigenvalue weighted by Gasteiger charge is 2.10. The number of hydrogen-bond acceptors (Lipinski definition) is 5. The topological polar surface area (TPSA) is 75.4 Å². The van der Waals surface area contributed by atoms with Gasteiger partial charge in [0.2, 0.25) is 0 Å². The van der Waals surface area contributed by atoms with Crippen LogP contribution < -0.4 is 10.9 Å². The van der Waals surface area contributed by atoms with Gasteiger partial charge in [-0.2, -0.15) is 0 Å². The van der Waals surface area contributed by atoms with Crippen LogP contribution in [0.1, 0.15) is 36.5 Å². The zero-order valence-electron chi connectivity index (χ0n) is 14.2. The average molecular weight is 338 g/mol. The summed E-state index contributed by atoms with van der Waals surface area (Å²) < 4.78 is 5.05. The second-order valence-electron chi connectivity index (χ2n) is 6.23. The molecule has 0 saturated carbocycles. The number of nitrogens with one attached hydrogen (secondary N) is 1. The van der Waals surface area contributed by atoms with Crippen LogP contribution in [0.2, 0.25) is 0 Å². The molecule has 0 aliphatic rings. The van der Waals surface area contributed by atoms with Gasteiger partial charge >= 0.3 is 5.63 Å². The monoisotopic (exact) mass is 338 g/mol. The summed E-state index contributed by atoms with van der Waals surface area (Å²) in [6, 6.07) is 15.6. The van der Waals surface area contributed by atoms with Crippen molar-refractivity contribution >= 4 is 11.1 Å². The zero-order valence-corrected chi connectivity index (χ0v) is 14.2. The number of aromatic nitrogens is 1. The highest BCUT2D eigenvalue weighted by atomic mass is 16.4. The lowest BCUT2D eigenvalue weighted by molar-refractivity contribution is 0.174. The van der Waals surface area contributed by atoms with Crippen molar-refractivity contribution in [1.29, 1.82) is 0 Å². The van der Waals surface area contributed by atoms with Gasteiger partial charge in [-0.15, -0.1) is 0 Å². The van der Waals surface area contributed by atoms with Crippen LogP contribution in [0.25, 0.3) is 11.1 Å². The minimum Gasteiger partial charge on any atom is -0.420 e. The molecule has 0 aliphatic carbocycles. The molecule has 5 heteroatoms. The third kappa shape index (κ3) is 4.53. The van der Waals surface area contributed by atoms with Crippen LogP contribution in [0.3, 0.4) is 0 Å². The lowest BCUT2D eigenvalue weighted by atomic mass is 9.98. The third-order valence-electron chi connectivity index (χ3n) is 4.35. The Bertz CT molecular complexity index is 877. The van der Waals surface area contributed by atoms with Gasteiger partial charge in [0.15, 0.2) is 5.58 Å². The average Bonchev–Trinajstić information content (AvgIpc) is 2.65. The molecule has 1 heterocycles. The number of rotatable bonds is 7. The molecule has 0 radical (unpaired) electrons. The van der Waals surface area contributed by atoms with Crippen LogP contribution in [0.15, 0.2) is 63.9 Å². The van der Waals surface area contributed by atoms with E-state index < -0.39 is 11.7 Å². The fraction of sp³-hybridized carbons (Fsp3) is 0.300. The van der Waals surface area contributed by atoms with Crippen LogP contribution in [0, 0.1) is 0 Å². The van der Waals surface area contributed by atoms with Gasteiger partial charge in [0.05, 0.1) is 6.10 Å². The normalized spacial score (nSPS) is 13.7. The molecule has 2 aromatic carbocycles. The lowest BCUT2D eigenvalue weighted by Crippen LogP contribution is -2.23. The summed E-state index contributed by atoms with van der Waals surface area (Å²) in [4.78, 5) is 15.2.